The second kappa shape index (κ2) is 9.60. The first-order chi connectivity index (χ1) is 15.0. The second-order valence-corrected chi connectivity index (χ2v) is 10.7. The van der Waals surface area contributed by atoms with Crippen molar-refractivity contribution in [2.75, 3.05) is 33.4 Å². The van der Waals surface area contributed by atoms with Crippen LogP contribution >= 0.6 is 0 Å². The summed E-state index contributed by atoms with van der Waals surface area (Å²) >= 11 is 0. The van der Waals surface area contributed by atoms with Gasteiger partial charge >= 0.3 is 0 Å². The summed E-state index contributed by atoms with van der Waals surface area (Å²) in [7, 11) is -2.40. The average Bonchev–Trinajstić information content (AvgIpc) is 2.78. The van der Waals surface area contributed by atoms with E-state index in [1.165, 1.54) is 30.9 Å². The van der Waals surface area contributed by atoms with E-state index in [2.05, 4.69) is 25.5 Å². The van der Waals surface area contributed by atoms with E-state index in [1.54, 1.807) is 11.8 Å². The SMILES string of the molecule is COc1ccc(S(=O)(=O)N[C@H](C)c2ccc(C(C)(C)C)cc2)cc1C(=O)N1CCOCC1. The summed E-state index contributed by atoms with van der Waals surface area (Å²) in [5.74, 6) is 0.0688. The van der Waals surface area contributed by atoms with Gasteiger partial charge in [0.15, 0.2) is 0 Å². The summed E-state index contributed by atoms with van der Waals surface area (Å²) in [6.07, 6.45) is 0. The van der Waals surface area contributed by atoms with E-state index in [-0.39, 0.29) is 21.8 Å². The molecule has 1 saturated heterocycles. The van der Waals surface area contributed by atoms with Crippen molar-refractivity contribution < 1.29 is 22.7 Å². The van der Waals surface area contributed by atoms with Crippen LogP contribution < -0.4 is 9.46 Å². The van der Waals surface area contributed by atoms with Crippen molar-refractivity contribution in [3.8, 4) is 5.75 Å². The minimum Gasteiger partial charge on any atom is -0.496 e. The number of ether oxygens (including phenoxy) is 2. The number of methoxy groups -OCH3 is 1. The zero-order valence-electron chi connectivity index (χ0n) is 19.3. The average molecular weight is 461 g/mol. The molecule has 2 aromatic rings. The highest BCUT2D eigenvalue weighted by Crippen LogP contribution is 2.27. The van der Waals surface area contributed by atoms with Crippen LogP contribution in [-0.4, -0.2) is 52.6 Å². The maximum Gasteiger partial charge on any atom is 0.257 e. The highest BCUT2D eigenvalue weighted by molar-refractivity contribution is 7.89. The van der Waals surface area contributed by atoms with E-state index in [9.17, 15) is 13.2 Å². The predicted octanol–water partition coefficient (Wildman–Crippen LogP) is 3.50. The molecule has 0 bridgehead atoms. The molecule has 1 aliphatic heterocycles. The molecule has 1 heterocycles. The van der Waals surface area contributed by atoms with Crippen molar-refractivity contribution in [3.05, 3.63) is 59.2 Å². The van der Waals surface area contributed by atoms with Crippen LogP contribution in [0, 0.1) is 0 Å². The van der Waals surface area contributed by atoms with Crippen LogP contribution in [-0.2, 0) is 20.2 Å². The molecular weight excluding hydrogens is 428 g/mol. The second-order valence-electron chi connectivity index (χ2n) is 8.98. The van der Waals surface area contributed by atoms with Crippen LogP contribution in [0.1, 0.15) is 55.2 Å². The van der Waals surface area contributed by atoms with Gasteiger partial charge in [0.1, 0.15) is 5.75 Å². The highest BCUT2D eigenvalue weighted by Gasteiger charge is 2.26. The Balaban J connectivity index is 1.83. The number of morpholine rings is 1. The first-order valence-corrected chi connectivity index (χ1v) is 12.2. The topological polar surface area (TPSA) is 84.9 Å². The van der Waals surface area contributed by atoms with E-state index < -0.39 is 16.1 Å². The number of amides is 1. The molecule has 7 nitrogen and oxygen atoms in total. The fourth-order valence-corrected chi connectivity index (χ4v) is 4.86. The zero-order valence-corrected chi connectivity index (χ0v) is 20.2. The predicted molar refractivity (Wildman–Crippen MR) is 124 cm³/mol. The largest absolute Gasteiger partial charge is 0.496 e. The summed E-state index contributed by atoms with van der Waals surface area (Å²) in [6.45, 7) is 10.0. The highest BCUT2D eigenvalue weighted by atomic mass is 32.2. The van der Waals surface area contributed by atoms with Gasteiger partial charge in [-0.15, -0.1) is 0 Å². The standard InChI is InChI=1S/C24H32N2O5S/c1-17(18-6-8-19(9-7-18)24(2,3)4)25-32(28,29)20-10-11-22(30-5)21(16-20)23(27)26-12-14-31-15-13-26/h6-11,16-17,25H,12-15H2,1-5H3/t17-/m1/s1. The van der Waals surface area contributed by atoms with Crippen molar-refractivity contribution in [1.82, 2.24) is 9.62 Å². The van der Waals surface area contributed by atoms with Gasteiger partial charge in [0.05, 0.1) is 30.8 Å². The van der Waals surface area contributed by atoms with E-state index in [0.29, 0.717) is 32.1 Å². The van der Waals surface area contributed by atoms with Crippen LogP contribution in [0.5, 0.6) is 5.75 Å². The Morgan fingerprint density at radius 1 is 1.09 bits per heavy atom. The number of nitrogens with one attached hydrogen (secondary N) is 1. The number of carbonyl (C=O) groups excluding carboxylic acids is 1. The van der Waals surface area contributed by atoms with Gasteiger partial charge in [0.2, 0.25) is 10.0 Å². The summed E-state index contributed by atoms with van der Waals surface area (Å²) in [5, 5.41) is 0. The first-order valence-electron chi connectivity index (χ1n) is 10.7. The molecule has 1 amide bonds. The van der Waals surface area contributed by atoms with Gasteiger partial charge in [-0.25, -0.2) is 13.1 Å². The number of hydrogen-bond acceptors (Lipinski definition) is 5. The minimum atomic E-state index is -3.86. The Kier molecular flexibility index (Phi) is 7.27. The van der Waals surface area contributed by atoms with Gasteiger partial charge < -0.3 is 14.4 Å². The molecule has 3 rings (SSSR count). The number of nitrogens with zero attached hydrogens (tertiary/aromatic N) is 1. The molecule has 0 spiro atoms. The maximum absolute atomic E-state index is 13.1. The molecule has 0 unspecified atom stereocenters. The Morgan fingerprint density at radius 3 is 2.28 bits per heavy atom. The Labute approximate surface area is 190 Å². The lowest BCUT2D eigenvalue weighted by Crippen LogP contribution is -2.40. The van der Waals surface area contributed by atoms with Crippen LogP contribution in [0.2, 0.25) is 0 Å². The Bertz CT molecular complexity index is 1050. The van der Waals surface area contributed by atoms with Gasteiger partial charge in [0, 0.05) is 19.1 Å². The minimum absolute atomic E-state index is 0.0214. The van der Waals surface area contributed by atoms with Crippen molar-refractivity contribution in [2.24, 2.45) is 0 Å². The van der Waals surface area contributed by atoms with Crippen LogP contribution in [0.15, 0.2) is 47.4 Å². The molecule has 174 valence electrons. The summed E-state index contributed by atoms with van der Waals surface area (Å²) in [6, 6.07) is 11.8. The van der Waals surface area contributed by atoms with Crippen LogP contribution in [0.4, 0.5) is 0 Å². The fourth-order valence-electron chi connectivity index (χ4n) is 3.60. The van der Waals surface area contributed by atoms with Gasteiger partial charge in [-0.3, -0.25) is 4.79 Å². The number of carbonyl (C=O) groups is 1. The Hall–Kier alpha value is -2.42. The van der Waals surface area contributed by atoms with Crippen molar-refractivity contribution in [2.45, 2.75) is 44.0 Å². The van der Waals surface area contributed by atoms with Gasteiger partial charge in [0.25, 0.3) is 5.91 Å². The molecule has 0 aromatic heterocycles. The third-order valence-corrected chi connectivity index (χ3v) is 7.16. The molecule has 0 radical (unpaired) electrons. The summed E-state index contributed by atoms with van der Waals surface area (Å²) in [5.41, 5.74) is 2.28. The summed E-state index contributed by atoms with van der Waals surface area (Å²) in [4.78, 5) is 14.7. The van der Waals surface area contributed by atoms with E-state index in [0.717, 1.165) is 5.56 Å². The van der Waals surface area contributed by atoms with Crippen molar-refractivity contribution in [1.29, 1.82) is 0 Å². The lowest BCUT2D eigenvalue weighted by atomic mass is 9.86. The zero-order chi connectivity index (χ0) is 23.5. The normalized spacial score (nSPS) is 16.0. The third kappa shape index (κ3) is 5.49. The van der Waals surface area contributed by atoms with E-state index in [1.807, 2.05) is 24.3 Å². The van der Waals surface area contributed by atoms with Crippen LogP contribution in [0.25, 0.3) is 0 Å². The van der Waals surface area contributed by atoms with Gasteiger partial charge in [-0.05, 0) is 41.7 Å². The van der Waals surface area contributed by atoms with Gasteiger partial charge in [-0.1, -0.05) is 45.0 Å². The number of benzene rings is 2. The first kappa shape index (κ1) is 24.2. The van der Waals surface area contributed by atoms with Crippen molar-refractivity contribution >= 4 is 15.9 Å². The maximum atomic E-state index is 13.1. The summed E-state index contributed by atoms with van der Waals surface area (Å²) < 4.78 is 39.5. The number of hydrogen-bond donors (Lipinski definition) is 1. The van der Waals surface area contributed by atoms with E-state index in [4.69, 9.17) is 9.47 Å². The molecule has 1 atom stereocenters. The lowest BCUT2D eigenvalue weighted by molar-refractivity contribution is 0.0300. The number of rotatable bonds is 6. The lowest BCUT2D eigenvalue weighted by Gasteiger charge is -2.27. The Morgan fingerprint density at radius 2 is 1.72 bits per heavy atom. The molecule has 0 aliphatic carbocycles. The molecule has 32 heavy (non-hydrogen) atoms. The number of sulfonamides is 1. The molecular formula is C24H32N2O5S. The molecule has 0 saturated carbocycles. The monoisotopic (exact) mass is 460 g/mol. The third-order valence-electron chi connectivity index (χ3n) is 5.62. The molecule has 8 heteroatoms. The fraction of sp³-hybridized carbons (Fsp3) is 0.458. The van der Waals surface area contributed by atoms with Gasteiger partial charge in [-0.2, -0.15) is 0 Å². The van der Waals surface area contributed by atoms with Crippen molar-refractivity contribution in [3.63, 3.8) is 0 Å². The van der Waals surface area contributed by atoms with E-state index >= 15 is 0 Å². The molecule has 2 aromatic carbocycles. The van der Waals surface area contributed by atoms with Crippen LogP contribution in [0.3, 0.4) is 0 Å². The quantitative estimate of drug-likeness (QED) is 0.713. The smallest absolute Gasteiger partial charge is 0.257 e. The molecule has 1 aliphatic rings. The molecule has 1 N–H and O–H groups in total. The molecule has 1 fully saturated rings.